The number of hydrogen-bond donors (Lipinski definition) is 2. The molecule has 2 N–H and O–H groups in total. The molecule has 1 saturated heterocycles. The highest BCUT2D eigenvalue weighted by Crippen LogP contribution is 2.57. The molecule has 1 fully saturated rings. The van der Waals surface area contributed by atoms with Crippen LogP contribution >= 0.6 is 39.1 Å². The lowest BCUT2D eigenvalue weighted by Gasteiger charge is -2.32. The molecule has 0 spiro atoms. The first-order valence-corrected chi connectivity index (χ1v) is 46.4. The minimum absolute atomic E-state index is 0.00328. The molecular formula is C117H79B2BrCl2F6N6O4. The SMILES string of the molecule is CC1(C)OB(c2nc(-c3ccccc3)nc(-c3ccccc3)n2)OC1(C)C.FC1(F)c2ccc(-c3nc(-c4ccccc4)nc(-c4ccccc4)n3)cc2-c2cc(-c3c4ccccc4cc4ccccc34)ccc21.FC1(F)c2ccc(Cl)cc2-c2cc(-c3c4ccccc4cc4ccccc34)ccc21.FC1(F)c2ccc(Cl)cc2-c2cc(Br)ccc21.OB(O)c1c2ccccc2cc2ccccc12. The Hall–Kier alpha value is -14.6. The van der Waals surface area contributed by atoms with E-state index in [1.165, 1.54) is 36.4 Å². The molecule has 10 nitrogen and oxygen atoms in total. The Balaban J connectivity index is 0.000000109. The van der Waals surface area contributed by atoms with Crippen LogP contribution in [-0.4, -0.2) is 65.4 Å². The maximum absolute atomic E-state index is 16.0. The van der Waals surface area contributed by atoms with E-state index < -0.39 is 43.2 Å². The van der Waals surface area contributed by atoms with E-state index in [4.69, 9.17) is 47.5 Å². The Labute approximate surface area is 810 Å². The van der Waals surface area contributed by atoms with Crippen LogP contribution in [0.2, 0.25) is 10.0 Å². The van der Waals surface area contributed by atoms with Gasteiger partial charge in [0.25, 0.3) is 17.8 Å². The second-order valence-corrected chi connectivity index (χ2v) is 37.1. The van der Waals surface area contributed by atoms with Crippen LogP contribution in [-0.2, 0) is 27.1 Å². The van der Waals surface area contributed by atoms with Crippen molar-refractivity contribution in [3.8, 4) is 113 Å². The van der Waals surface area contributed by atoms with Crippen molar-refractivity contribution in [2.75, 3.05) is 0 Å². The zero-order chi connectivity index (χ0) is 95.1. The Kier molecular flexibility index (Phi) is 23.5. The normalized spacial score (nSPS) is 14.3. The molecule has 0 bridgehead atoms. The predicted molar refractivity (Wildman–Crippen MR) is 551 cm³/mol. The van der Waals surface area contributed by atoms with Gasteiger partial charge in [-0.05, 0) is 226 Å². The van der Waals surface area contributed by atoms with Gasteiger partial charge < -0.3 is 19.4 Å². The third-order valence-corrected chi connectivity index (χ3v) is 27.2. The van der Waals surface area contributed by atoms with Crippen molar-refractivity contribution < 1.29 is 45.7 Å². The molecule has 2 aromatic heterocycles. The third-order valence-electron chi connectivity index (χ3n) is 26.2. The zero-order valence-electron chi connectivity index (χ0n) is 74.5. The molecule has 138 heavy (non-hydrogen) atoms. The molecule has 4 aliphatic rings. The Bertz CT molecular complexity index is 8040. The summed E-state index contributed by atoms with van der Waals surface area (Å²) in [7, 11) is -2.09. The van der Waals surface area contributed by atoms with E-state index >= 15 is 17.6 Å². The Morgan fingerprint density at radius 3 is 0.841 bits per heavy atom. The van der Waals surface area contributed by atoms with Crippen molar-refractivity contribution in [2.45, 2.75) is 56.7 Å². The minimum Gasteiger partial charge on any atom is -0.423 e. The molecule has 3 aliphatic carbocycles. The minimum atomic E-state index is -3.13. The maximum atomic E-state index is 16.0. The van der Waals surface area contributed by atoms with Crippen LogP contribution in [0.5, 0.6) is 0 Å². The van der Waals surface area contributed by atoms with Crippen LogP contribution in [0.4, 0.5) is 26.3 Å². The number of aromatic nitrogens is 6. The lowest BCUT2D eigenvalue weighted by atomic mass is 9.74. The number of fused-ring (bicyclic) bond motifs is 15. The summed E-state index contributed by atoms with van der Waals surface area (Å²) in [5.74, 6) is -6.41. The first kappa shape index (κ1) is 89.9. The van der Waals surface area contributed by atoms with Gasteiger partial charge in [0.2, 0.25) is 0 Å². The van der Waals surface area contributed by atoms with Crippen LogP contribution < -0.4 is 11.2 Å². The third kappa shape index (κ3) is 16.7. The van der Waals surface area contributed by atoms with Crippen molar-refractivity contribution in [3.05, 3.63) is 442 Å². The van der Waals surface area contributed by atoms with E-state index in [9.17, 15) is 18.8 Å². The summed E-state index contributed by atoms with van der Waals surface area (Å²) in [5.41, 5.74) is 11.5. The van der Waals surface area contributed by atoms with E-state index in [1.54, 1.807) is 48.5 Å². The highest BCUT2D eigenvalue weighted by atomic mass is 79.9. The number of halogens is 9. The summed E-state index contributed by atoms with van der Waals surface area (Å²) < 4.78 is 104. The first-order chi connectivity index (χ1) is 66.7. The molecule has 19 aromatic carbocycles. The first-order valence-electron chi connectivity index (χ1n) is 44.9. The topological polar surface area (TPSA) is 136 Å². The molecule has 1 aliphatic heterocycles. The smallest absolute Gasteiger partial charge is 0.423 e. The van der Waals surface area contributed by atoms with Gasteiger partial charge in [0, 0.05) is 75.7 Å². The fraction of sp³-hybridized carbons (Fsp3) is 0.0769. The predicted octanol–water partition coefficient (Wildman–Crippen LogP) is 29.8. The summed E-state index contributed by atoms with van der Waals surface area (Å²) >= 11 is 15.3. The summed E-state index contributed by atoms with van der Waals surface area (Å²) in [6.45, 7) is 8.07. The van der Waals surface area contributed by atoms with Gasteiger partial charge in [0.05, 0.1) is 11.2 Å². The fourth-order valence-corrected chi connectivity index (χ4v) is 19.5. The number of hydrogen-bond acceptors (Lipinski definition) is 10. The van der Waals surface area contributed by atoms with Gasteiger partial charge in [-0.1, -0.05) is 361 Å². The van der Waals surface area contributed by atoms with E-state index in [2.05, 4.69) is 97.6 Å². The van der Waals surface area contributed by atoms with Gasteiger partial charge in [-0.15, -0.1) is 0 Å². The summed E-state index contributed by atoms with van der Waals surface area (Å²) in [6, 6.07) is 123. The van der Waals surface area contributed by atoms with Gasteiger partial charge in [0.15, 0.2) is 34.8 Å². The van der Waals surface area contributed by atoms with Gasteiger partial charge in [0.1, 0.15) is 0 Å². The highest BCUT2D eigenvalue weighted by Gasteiger charge is 2.54. The van der Waals surface area contributed by atoms with Crippen molar-refractivity contribution in [3.63, 3.8) is 0 Å². The number of alkyl halides is 6. The molecule has 0 radical (unpaired) electrons. The summed E-state index contributed by atoms with van der Waals surface area (Å²) in [5, 5.41) is 32.7. The quantitative estimate of drug-likeness (QED) is 0.0817. The van der Waals surface area contributed by atoms with Crippen LogP contribution in [0, 0.1) is 0 Å². The van der Waals surface area contributed by atoms with Gasteiger partial charge in [-0.3, -0.25) is 0 Å². The molecule has 21 aromatic rings. The average molecular weight is 1920 g/mol. The molecular weight excluding hydrogens is 1840 g/mol. The number of rotatable bonds is 9. The Morgan fingerprint density at radius 1 is 0.268 bits per heavy atom. The Morgan fingerprint density at radius 2 is 0.514 bits per heavy atom. The highest BCUT2D eigenvalue weighted by molar-refractivity contribution is 9.10. The van der Waals surface area contributed by atoms with Crippen LogP contribution in [0.1, 0.15) is 61.1 Å². The molecule has 3 heterocycles. The lowest BCUT2D eigenvalue weighted by molar-refractivity contribution is 0.00578. The van der Waals surface area contributed by atoms with E-state index in [1.807, 2.05) is 270 Å². The lowest BCUT2D eigenvalue weighted by Crippen LogP contribution is -2.41. The van der Waals surface area contributed by atoms with Crippen molar-refractivity contribution in [1.82, 2.24) is 29.9 Å². The number of benzene rings is 19. The fourth-order valence-electron chi connectivity index (χ4n) is 18.8. The maximum Gasteiger partial charge on any atom is 0.534 e. The van der Waals surface area contributed by atoms with Crippen LogP contribution in [0.3, 0.4) is 0 Å². The molecule has 0 unspecified atom stereocenters. The van der Waals surface area contributed by atoms with Crippen molar-refractivity contribution in [1.29, 1.82) is 0 Å². The standard InChI is InChI=1S/C42H25F2N3.C27H15ClF2.C21H22BN3O2.C14H11BO2.C13H6BrClF2/c43-42(44)36-21-19-30(38-32-17-9-7-15-28(32)23-29-16-8-10-18-33(29)38)24-34(36)35-25-31(20-22-37(35)42)41-46-39(26-11-3-1-4-12-26)45-40(47-41)27-13-5-2-6-14-27;28-19-10-12-25-23(15-19)22-14-18(9-11-24(22)27(25,29)30)26-20-7-3-1-5-16(20)13-17-6-2-4-8-21(17)26;1-20(2)21(3,4)27-22(26-20)19-24-17(15-11-7-5-8-12-15)23-18(25-19)16-13-9-6-10-14-16;16-15(17)14-12-7-3-1-5-10(12)9-11-6-2-4-8-13(11)14;14-7-1-3-11-9(5-7)10-6-8(15)2-4-12(10)13(11,16)17/h1-25H;1-15H;5-14H,1-4H3;1-9,16-17H;1-6H. The molecule has 0 atom stereocenters. The second-order valence-electron chi connectivity index (χ2n) is 35.3. The van der Waals surface area contributed by atoms with Crippen LogP contribution in [0.15, 0.2) is 399 Å². The summed E-state index contributed by atoms with van der Waals surface area (Å²) in [6.07, 6.45) is 0. The van der Waals surface area contributed by atoms with Gasteiger partial charge >= 0.3 is 14.2 Å². The summed E-state index contributed by atoms with van der Waals surface area (Å²) in [4.78, 5) is 28.5. The van der Waals surface area contributed by atoms with E-state index in [-0.39, 0.29) is 33.4 Å². The van der Waals surface area contributed by atoms with E-state index in [0.29, 0.717) is 89.3 Å². The van der Waals surface area contributed by atoms with Gasteiger partial charge in [-0.25, -0.2) is 29.9 Å². The van der Waals surface area contributed by atoms with Crippen molar-refractivity contribution >= 4 is 129 Å². The van der Waals surface area contributed by atoms with Crippen LogP contribution in [0.25, 0.3) is 177 Å². The zero-order valence-corrected chi connectivity index (χ0v) is 77.6. The van der Waals surface area contributed by atoms with Gasteiger partial charge in [-0.2, -0.15) is 26.3 Å². The molecule has 670 valence electrons. The number of nitrogens with zero attached hydrogens (tertiary/aromatic N) is 6. The molecule has 0 amide bonds. The average Bonchev–Trinajstić information content (AvgIpc) is 1.56. The van der Waals surface area contributed by atoms with Crippen molar-refractivity contribution in [2.24, 2.45) is 0 Å². The second kappa shape index (κ2) is 36.1. The largest absolute Gasteiger partial charge is 0.534 e. The molecule has 21 heteroatoms. The monoisotopic (exact) mass is 1920 g/mol. The molecule has 25 rings (SSSR count). The molecule has 0 saturated carbocycles. The van der Waals surface area contributed by atoms with E-state index in [0.717, 1.165) is 114 Å².